The van der Waals surface area contributed by atoms with Gasteiger partial charge in [-0.2, -0.15) is 0 Å². The zero-order valence-corrected chi connectivity index (χ0v) is 30.5. The van der Waals surface area contributed by atoms with E-state index in [-0.39, 0.29) is 0 Å². The molecule has 0 saturated heterocycles. The first-order chi connectivity index (χ1) is 28.3. The van der Waals surface area contributed by atoms with Crippen LogP contribution >= 0.6 is 0 Å². The standard InChI is InChI=1S/C52H30N4O/c1-3-13-35-31(11-1)22-27-45-49(35)40-26-24-34(55-44-19-9-5-15-37(44)39-25-21-32-12-2-4-14-36(32)51(39)55)30-46(40)56(45)52-50(53-42-17-7-8-18-43(42)54-52)33-23-28-48-41(29-33)38-16-6-10-20-47(38)57-48/h1-30H. The van der Waals surface area contributed by atoms with Crippen molar-refractivity contribution < 1.29 is 4.42 Å². The van der Waals surface area contributed by atoms with E-state index in [1.165, 1.54) is 48.7 Å². The molecule has 0 unspecified atom stereocenters. The Labute approximate surface area is 325 Å². The molecule has 4 heterocycles. The molecule has 0 radical (unpaired) electrons. The summed E-state index contributed by atoms with van der Waals surface area (Å²) in [6.07, 6.45) is 0. The minimum absolute atomic E-state index is 0.779. The van der Waals surface area contributed by atoms with Crippen LogP contribution < -0.4 is 0 Å². The Bertz CT molecular complexity index is 3830. The first kappa shape index (κ1) is 30.6. The Morgan fingerprint density at radius 1 is 0.386 bits per heavy atom. The first-order valence-corrected chi connectivity index (χ1v) is 19.3. The van der Waals surface area contributed by atoms with Gasteiger partial charge >= 0.3 is 0 Å². The van der Waals surface area contributed by atoms with Gasteiger partial charge in [0.1, 0.15) is 16.9 Å². The minimum atomic E-state index is 0.779. The molecule has 57 heavy (non-hydrogen) atoms. The lowest BCUT2D eigenvalue weighted by atomic mass is 10.0. The molecule has 0 aliphatic rings. The van der Waals surface area contributed by atoms with Crippen LogP contribution in [0.5, 0.6) is 0 Å². The van der Waals surface area contributed by atoms with Crippen LogP contribution in [0.4, 0.5) is 0 Å². The maximum atomic E-state index is 6.27. The summed E-state index contributed by atoms with van der Waals surface area (Å²) in [4.78, 5) is 10.9. The molecule has 4 aromatic heterocycles. The van der Waals surface area contributed by atoms with E-state index in [9.17, 15) is 0 Å². The van der Waals surface area contributed by atoms with Crippen molar-refractivity contribution in [1.29, 1.82) is 0 Å². The van der Waals surface area contributed by atoms with Crippen molar-refractivity contribution in [1.82, 2.24) is 19.1 Å². The van der Waals surface area contributed by atoms with Gasteiger partial charge in [-0.15, -0.1) is 0 Å². The molecular weight excluding hydrogens is 697 g/mol. The fraction of sp³-hybridized carbons (Fsp3) is 0. The van der Waals surface area contributed by atoms with E-state index in [0.29, 0.717) is 0 Å². The van der Waals surface area contributed by atoms with E-state index in [1.807, 2.05) is 30.3 Å². The average molecular weight is 727 g/mol. The van der Waals surface area contributed by atoms with Gasteiger partial charge in [0, 0.05) is 49.0 Å². The largest absolute Gasteiger partial charge is 0.456 e. The van der Waals surface area contributed by atoms with Crippen LogP contribution in [-0.2, 0) is 0 Å². The highest BCUT2D eigenvalue weighted by molar-refractivity contribution is 6.23. The molecule has 0 aliphatic heterocycles. The highest BCUT2D eigenvalue weighted by Crippen LogP contribution is 2.43. The first-order valence-electron chi connectivity index (χ1n) is 19.3. The summed E-state index contributed by atoms with van der Waals surface area (Å²) in [6, 6.07) is 64.8. The molecule has 0 aliphatic carbocycles. The number of nitrogens with zero attached hydrogens (tertiary/aromatic N) is 4. The minimum Gasteiger partial charge on any atom is -0.456 e. The highest BCUT2D eigenvalue weighted by Gasteiger charge is 2.23. The summed E-state index contributed by atoms with van der Waals surface area (Å²) in [5.74, 6) is 0.779. The Morgan fingerprint density at radius 2 is 1.05 bits per heavy atom. The van der Waals surface area contributed by atoms with Gasteiger partial charge in [0.05, 0.1) is 33.1 Å². The van der Waals surface area contributed by atoms with E-state index < -0.39 is 0 Å². The summed E-state index contributed by atoms with van der Waals surface area (Å²) in [5, 5.41) is 11.8. The van der Waals surface area contributed by atoms with Gasteiger partial charge < -0.3 is 8.98 Å². The number of furan rings is 1. The molecule has 13 aromatic rings. The summed E-state index contributed by atoms with van der Waals surface area (Å²) < 4.78 is 11.1. The second-order valence-electron chi connectivity index (χ2n) is 14.9. The van der Waals surface area contributed by atoms with Crippen LogP contribution in [-0.4, -0.2) is 19.1 Å². The van der Waals surface area contributed by atoms with Crippen LogP contribution in [0, 0.1) is 0 Å². The second-order valence-corrected chi connectivity index (χ2v) is 14.9. The Hall–Kier alpha value is -7.76. The average Bonchev–Trinajstić information content (AvgIpc) is 3.93. The molecule has 0 bridgehead atoms. The molecule has 9 aromatic carbocycles. The molecule has 0 spiro atoms. The second kappa shape index (κ2) is 11.4. The summed E-state index contributed by atoms with van der Waals surface area (Å²) >= 11 is 0. The van der Waals surface area contributed by atoms with Crippen molar-refractivity contribution in [2.75, 3.05) is 0 Å². The van der Waals surface area contributed by atoms with Crippen LogP contribution in [0.3, 0.4) is 0 Å². The van der Waals surface area contributed by atoms with Crippen molar-refractivity contribution in [2.24, 2.45) is 0 Å². The van der Waals surface area contributed by atoms with Crippen molar-refractivity contribution in [3.05, 3.63) is 182 Å². The zero-order valence-electron chi connectivity index (χ0n) is 30.5. The van der Waals surface area contributed by atoms with Crippen molar-refractivity contribution in [3.63, 3.8) is 0 Å². The topological polar surface area (TPSA) is 48.8 Å². The Kier molecular flexibility index (Phi) is 6.10. The van der Waals surface area contributed by atoms with E-state index in [2.05, 4.69) is 161 Å². The van der Waals surface area contributed by atoms with Crippen LogP contribution in [0.1, 0.15) is 0 Å². The molecule has 0 fully saturated rings. The fourth-order valence-corrected chi connectivity index (χ4v) is 9.35. The van der Waals surface area contributed by atoms with Crippen LogP contribution in [0.25, 0.3) is 121 Å². The molecule has 0 atom stereocenters. The van der Waals surface area contributed by atoms with Gasteiger partial charge in [0.25, 0.3) is 0 Å². The smallest absolute Gasteiger partial charge is 0.165 e. The Morgan fingerprint density at radius 3 is 1.93 bits per heavy atom. The number of para-hydroxylation sites is 4. The lowest BCUT2D eigenvalue weighted by Crippen LogP contribution is -2.04. The number of fused-ring (bicyclic) bond motifs is 14. The van der Waals surface area contributed by atoms with Gasteiger partial charge in [-0.1, -0.05) is 121 Å². The fourth-order valence-electron chi connectivity index (χ4n) is 9.35. The molecule has 0 amide bonds. The predicted molar refractivity (Wildman–Crippen MR) is 236 cm³/mol. The third-order valence-electron chi connectivity index (χ3n) is 11.9. The van der Waals surface area contributed by atoms with Gasteiger partial charge in [0.15, 0.2) is 5.82 Å². The lowest BCUT2D eigenvalue weighted by molar-refractivity contribution is 0.669. The third-order valence-corrected chi connectivity index (χ3v) is 11.9. The van der Waals surface area contributed by atoms with Crippen molar-refractivity contribution in [3.8, 4) is 22.8 Å². The zero-order chi connectivity index (χ0) is 37.2. The predicted octanol–water partition coefficient (Wildman–Crippen LogP) is 13.7. The van der Waals surface area contributed by atoms with Crippen LogP contribution in [0.2, 0.25) is 0 Å². The van der Waals surface area contributed by atoms with Gasteiger partial charge in [0.2, 0.25) is 0 Å². The SMILES string of the molecule is c1ccc2c(c1)ccc1c2c2ccc(-n3c4ccccc4c4ccc5ccccc5c43)cc2n1-c1nc2ccccc2nc1-c1ccc2oc3ccccc3c2c1. The quantitative estimate of drug-likeness (QED) is 0.182. The highest BCUT2D eigenvalue weighted by atomic mass is 16.3. The van der Waals surface area contributed by atoms with Crippen molar-refractivity contribution in [2.45, 2.75) is 0 Å². The third kappa shape index (κ3) is 4.28. The van der Waals surface area contributed by atoms with Crippen LogP contribution in [0.15, 0.2) is 186 Å². The van der Waals surface area contributed by atoms with Gasteiger partial charge in [-0.05, 0) is 76.8 Å². The molecule has 5 nitrogen and oxygen atoms in total. The molecule has 0 N–H and O–H groups in total. The molecule has 264 valence electrons. The van der Waals surface area contributed by atoms with E-state index >= 15 is 0 Å². The van der Waals surface area contributed by atoms with Gasteiger partial charge in [-0.3, -0.25) is 4.57 Å². The monoisotopic (exact) mass is 726 g/mol. The lowest BCUT2D eigenvalue weighted by Gasteiger charge is -2.15. The van der Waals surface area contributed by atoms with E-state index in [0.717, 1.165) is 72.2 Å². The molecule has 5 heteroatoms. The van der Waals surface area contributed by atoms with E-state index in [1.54, 1.807) is 0 Å². The number of benzene rings is 9. The molecule has 13 rings (SSSR count). The summed E-state index contributed by atoms with van der Waals surface area (Å²) in [6.45, 7) is 0. The maximum absolute atomic E-state index is 6.27. The molecule has 0 saturated carbocycles. The summed E-state index contributed by atoms with van der Waals surface area (Å²) in [7, 11) is 0. The number of rotatable bonds is 3. The van der Waals surface area contributed by atoms with Crippen molar-refractivity contribution >= 4 is 98.1 Å². The maximum Gasteiger partial charge on any atom is 0.165 e. The van der Waals surface area contributed by atoms with E-state index in [4.69, 9.17) is 14.4 Å². The number of hydrogen-bond donors (Lipinski definition) is 0. The normalized spacial score (nSPS) is 12.2. The Balaban J connectivity index is 1.18. The molecular formula is C52H30N4O. The summed E-state index contributed by atoms with van der Waals surface area (Å²) in [5.41, 5.74) is 10.8. The number of hydrogen-bond acceptors (Lipinski definition) is 3. The van der Waals surface area contributed by atoms with Gasteiger partial charge in [-0.25, -0.2) is 9.97 Å². The number of aromatic nitrogens is 4.